The van der Waals surface area contributed by atoms with Gasteiger partial charge in [0, 0.05) is 17.1 Å². The van der Waals surface area contributed by atoms with Crippen LogP contribution in [0, 0.1) is 13.8 Å². The van der Waals surface area contributed by atoms with Gasteiger partial charge in [-0.25, -0.2) is 9.78 Å². The van der Waals surface area contributed by atoms with E-state index in [1.807, 2.05) is 20.8 Å². The summed E-state index contributed by atoms with van der Waals surface area (Å²) in [6.45, 7) is 5.72. The number of hydrogen-bond donors (Lipinski definition) is 1. The predicted octanol–water partition coefficient (Wildman–Crippen LogP) is 2.10. The normalized spacial score (nSPS) is 25.1. The van der Waals surface area contributed by atoms with Crippen LogP contribution in [0.1, 0.15) is 36.0 Å². The van der Waals surface area contributed by atoms with Crippen LogP contribution in [0.25, 0.3) is 10.2 Å². The summed E-state index contributed by atoms with van der Waals surface area (Å²) in [6.07, 6.45) is 1.22. The van der Waals surface area contributed by atoms with Gasteiger partial charge in [0.05, 0.1) is 10.3 Å². The lowest BCUT2D eigenvalue weighted by molar-refractivity contribution is -0.154. The number of nitrogens with one attached hydrogen (secondary N) is 1. The van der Waals surface area contributed by atoms with Crippen LogP contribution < -0.4 is 5.56 Å². The Balaban J connectivity index is 1.51. The summed E-state index contributed by atoms with van der Waals surface area (Å²) < 4.78 is 5.38. The van der Waals surface area contributed by atoms with Crippen molar-refractivity contribution in [3.8, 4) is 0 Å². The zero-order chi connectivity index (χ0) is 18.6. The van der Waals surface area contributed by atoms with Crippen LogP contribution in [0.2, 0.25) is 0 Å². The Bertz CT molecular complexity index is 982. The predicted molar refractivity (Wildman–Crippen MR) is 100 cm³/mol. The molecule has 0 saturated carbocycles. The van der Waals surface area contributed by atoms with Crippen LogP contribution >= 0.6 is 23.1 Å². The van der Waals surface area contributed by atoms with Crippen molar-refractivity contribution < 1.29 is 14.3 Å². The maximum Gasteiger partial charge on any atom is 0.330 e. The Morgan fingerprint density at radius 1 is 1.42 bits per heavy atom. The van der Waals surface area contributed by atoms with E-state index < -0.39 is 12.0 Å². The van der Waals surface area contributed by atoms with Gasteiger partial charge in [0.15, 0.2) is 0 Å². The highest BCUT2D eigenvalue weighted by molar-refractivity contribution is 8.01. The van der Waals surface area contributed by atoms with Crippen LogP contribution in [-0.2, 0) is 20.9 Å². The molecule has 1 amide bonds. The van der Waals surface area contributed by atoms with Gasteiger partial charge in [-0.2, -0.15) is 0 Å². The molecule has 2 saturated heterocycles. The van der Waals surface area contributed by atoms with Gasteiger partial charge in [-0.05, 0) is 32.8 Å². The standard InChI is InChI=1S/C17H19N3O4S2/c1-8-9(2)26-15-13(8)14(22)18-11(19-15)6-24-16(23)10-7-25-17(3)5-4-12(21)20(10)17/h10H,4-7H2,1-3H3,(H,18,19,22)/t10-,17+/m0/s1. The molecule has 0 aliphatic carbocycles. The van der Waals surface area contributed by atoms with Crippen LogP contribution in [0.15, 0.2) is 4.79 Å². The number of amides is 1. The molecule has 2 aromatic heterocycles. The van der Waals surface area contributed by atoms with Crippen molar-refractivity contribution >= 4 is 45.2 Å². The second-order valence-electron chi connectivity index (χ2n) is 6.85. The smallest absolute Gasteiger partial charge is 0.330 e. The Kier molecular flexibility index (Phi) is 4.11. The number of aromatic amines is 1. The number of carbonyl (C=O) groups excluding carboxylic acids is 2. The number of H-pyrrole nitrogens is 1. The number of ether oxygens (including phenoxy) is 1. The number of carbonyl (C=O) groups is 2. The molecule has 4 heterocycles. The monoisotopic (exact) mass is 393 g/mol. The minimum Gasteiger partial charge on any atom is -0.456 e. The molecular formula is C17H19N3O4S2. The molecule has 0 unspecified atom stereocenters. The SMILES string of the molecule is Cc1sc2nc(COC(=O)[C@@H]3CS[C@]4(C)CCC(=O)N34)[nH]c(=O)c2c1C. The van der Waals surface area contributed by atoms with E-state index in [0.717, 1.165) is 16.9 Å². The minimum atomic E-state index is -0.568. The van der Waals surface area contributed by atoms with Crippen LogP contribution in [0.3, 0.4) is 0 Å². The largest absolute Gasteiger partial charge is 0.456 e. The van der Waals surface area contributed by atoms with E-state index in [0.29, 0.717) is 28.2 Å². The summed E-state index contributed by atoms with van der Waals surface area (Å²) in [5.74, 6) is 0.404. The molecule has 4 rings (SSSR count). The number of nitrogens with zero attached hydrogens (tertiary/aromatic N) is 2. The van der Waals surface area contributed by atoms with Crippen molar-refractivity contribution in [2.24, 2.45) is 0 Å². The second-order valence-corrected chi connectivity index (χ2v) is 9.55. The Hall–Kier alpha value is -1.87. The van der Waals surface area contributed by atoms with Crippen molar-refractivity contribution in [1.29, 1.82) is 0 Å². The molecule has 7 nitrogen and oxygen atoms in total. The Morgan fingerprint density at radius 2 is 2.19 bits per heavy atom. The maximum atomic E-state index is 12.5. The number of aromatic nitrogens is 2. The molecule has 0 bridgehead atoms. The molecule has 9 heteroatoms. The van der Waals surface area contributed by atoms with Gasteiger partial charge in [0.1, 0.15) is 23.3 Å². The lowest BCUT2D eigenvalue weighted by Crippen LogP contribution is -2.46. The first-order chi connectivity index (χ1) is 12.3. The van der Waals surface area contributed by atoms with Gasteiger partial charge in [-0.3, -0.25) is 9.59 Å². The molecule has 2 aliphatic heterocycles. The van der Waals surface area contributed by atoms with Gasteiger partial charge in [-0.15, -0.1) is 23.1 Å². The molecular weight excluding hydrogens is 374 g/mol. The fraction of sp³-hybridized carbons (Fsp3) is 0.529. The first kappa shape index (κ1) is 17.5. The van der Waals surface area contributed by atoms with Crippen LogP contribution in [-0.4, -0.2) is 43.4 Å². The average molecular weight is 393 g/mol. The van der Waals surface area contributed by atoms with E-state index in [1.54, 1.807) is 16.7 Å². The summed E-state index contributed by atoms with van der Waals surface area (Å²) in [5.41, 5.74) is 0.707. The zero-order valence-corrected chi connectivity index (χ0v) is 16.4. The minimum absolute atomic E-state index is 0.00284. The molecule has 2 fully saturated rings. The van der Waals surface area contributed by atoms with E-state index in [9.17, 15) is 14.4 Å². The van der Waals surface area contributed by atoms with E-state index in [1.165, 1.54) is 11.3 Å². The van der Waals surface area contributed by atoms with Gasteiger partial charge in [0.2, 0.25) is 5.91 Å². The summed E-state index contributed by atoms with van der Waals surface area (Å²) >= 11 is 3.07. The fourth-order valence-corrected chi connectivity index (χ4v) is 6.06. The number of rotatable bonds is 3. The van der Waals surface area contributed by atoms with E-state index in [2.05, 4.69) is 9.97 Å². The average Bonchev–Trinajstić information content (AvgIpc) is 3.18. The van der Waals surface area contributed by atoms with Gasteiger partial charge in [0.25, 0.3) is 5.56 Å². The number of esters is 1. The van der Waals surface area contributed by atoms with E-state index >= 15 is 0 Å². The van der Waals surface area contributed by atoms with E-state index in [-0.39, 0.29) is 22.9 Å². The molecule has 26 heavy (non-hydrogen) atoms. The number of aryl methyl sites for hydroxylation is 2. The number of fused-ring (bicyclic) bond motifs is 2. The quantitative estimate of drug-likeness (QED) is 0.803. The maximum absolute atomic E-state index is 12.5. The highest BCUT2D eigenvalue weighted by atomic mass is 32.2. The van der Waals surface area contributed by atoms with Crippen molar-refractivity contribution in [2.75, 3.05) is 5.75 Å². The van der Waals surface area contributed by atoms with Gasteiger partial charge >= 0.3 is 5.97 Å². The Morgan fingerprint density at radius 3 is 2.96 bits per heavy atom. The molecule has 2 atom stereocenters. The highest BCUT2D eigenvalue weighted by Crippen LogP contribution is 2.47. The van der Waals surface area contributed by atoms with Gasteiger partial charge < -0.3 is 14.6 Å². The number of thiophene rings is 1. The molecule has 138 valence electrons. The third-order valence-electron chi connectivity index (χ3n) is 5.16. The summed E-state index contributed by atoms with van der Waals surface area (Å²) in [7, 11) is 0. The molecule has 2 aliphatic rings. The summed E-state index contributed by atoms with van der Waals surface area (Å²) in [4.78, 5) is 47.1. The topological polar surface area (TPSA) is 92.4 Å². The van der Waals surface area contributed by atoms with Gasteiger partial charge in [-0.1, -0.05) is 0 Å². The third-order valence-corrected chi connectivity index (χ3v) is 7.76. The molecule has 2 aromatic rings. The van der Waals surface area contributed by atoms with E-state index in [4.69, 9.17) is 4.74 Å². The second kappa shape index (κ2) is 6.09. The van der Waals surface area contributed by atoms with Crippen molar-refractivity contribution in [2.45, 2.75) is 51.1 Å². The molecule has 1 N–H and O–H groups in total. The molecule has 0 radical (unpaired) electrons. The zero-order valence-electron chi connectivity index (χ0n) is 14.7. The summed E-state index contributed by atoms with van der Waals surface area (Å²) in [6, 6.07) is -0.568. The number of thioether (sulfide) groups is 1. The van der Waals surface area contributed by atoms with Crippen molar-refractivity contribution in [1.82, 2.24) is 14.9 Å². The highest BCUT2D eigenvalue weighted by Gasteiger charge is 2.53. The lowest BCUT2D eigenvalue weighted by Gasteiger charge is -2.29. The molecule has 0 spiro atoms. The summed E-state index contributed by atoms with van der Waals surface area (Å²) in [5, 5.41) is 0.591. The first-order valence-corrected chi connectivity index (χ1v) is 10.2. The molecule has 0 aromatic carbocycles. The van der Waals surface area contributed by atoms with Crippen molar-refractivity contribution in [3.63, 3.8) is 0 Å². The fourth-order valence-electron chi connectivity index (χ4n) is 3.60. The first-order valence-electron chi connectivity index (χ1n) is 8.42. The Labute approximate surface area is 158 Å². The van der Waals surface area contributed by atoms with Crippen LogP contribution in [0.4, 0.5) is 0 Å². The van der Waals surface area contributed by atoms with Crippen LogP contribution in [0.5, 0.6) is 0 Å². The third kappa shape index (κ3) is 2.64. The lowest BCUT2D eigenvalue weighted by atomic mass is 10.2. The number of hydrogen-bond acceptors (Lipinski definition) is 7. The van der Waals surface area contributed by atoms with Crippen molar-refractivity contribution in [3.05, 3.63) is 26.6 Å².